The molecular formula is C28H22ClF4N3O2. The Morgan fingerprint density at radius 3 is 2.18 bits per heavy atom. The summed E-state index contributed by atoms with van der Waals surface area (Å²) in [5.74, 6) is -5.82. The van der Waals surface area contributed by atoms with Gasteiger partial charge in [-0.1, -0.05) is 48.0 Å². The number of carbonyl (C=O) groups excluding carboxylic acids is 2. The molecule has 196 valence electrons. The number of carbonyl (C=O) groups is 2. The molecule has 3 aromatic carbocycles. The molecule has 1 unspecified atom stereocenters. The van der Waals surface area contributed by atoms with Gasteiger partial charge in [-0.2, -0.15) is 0 Å². The van der Waals surface area contributed by atoms with Gasteiger partial charge in [0, 0.05) is 35.3 Å². The van der Waals surface area contributed by atoms with E-state index in [0.717, 1.165) is 17.0 Å². The summed E-state index contributed by atoms with van der Waals surface area (Å²) in [5, 5.41) is 2.63. The average molecular weight is 544 g/mol. The van der Waals surface area contributed by atoms with Gasteiger partial charge in [-0.05, 0) is 31.5 Å². The highest BCUT2D eigenvalue weighted by molar-refractivity contribution is 6.31. The van der Waals surface area contributed by atoms with Crippen LogP contribution in [-0.4, -0.2) is 22.5 Å². The zero-order valence-electron chi connectivity index (χ0n) is 20.5. The van der Waals surface area contributed by atoms with Gasteiger partial charge in [0.1, 0.15) is 35.1 Å². The molecule has 1 aliphatic heterocycles. The van der Waals surface area contributed by atoms with Crippen LogP contribution in [0.15, 0.2) is 76.9 Å². The van der Waals surface area contributed by atoms with Crippen molar-refractivity contribution in [1.29, 1.82) is 0 Å². The molecule has 0 aliphatic carbocycles. The zero-order chi connectivity index (χ0) is 27.7. The second-order valence-electron chi connectivity index (χ2n) is 8.74. The number of rotatable bonds is 5. The quantitative estimate of drug-likeness (QED) is 0.379. The molecule has 38 heavy (non-hydrogen) atoms. The Morgan fingerprint density at radius 2 is 1.61 bits per heavy atom. The monoisotopic (exact) mass is 543 g/mol. The number of nitrogens with one attached hydrogen (secondary N) is 1. The summed E-state index contributed by atoms with van der Waals surface area (Å²) in [5.41, 5.74) is 0.285. The van der Waals surface area contributed by atoms with Crippen LogP contribution in [0.1, 0.15) is 49.5 Å². The first kappa shape index (κ1) is 27.1. The Labute approximate surface area is 221 Å². The molecule has 0 bridgehead atoms. The van der Waals surface area contributed by atoms with Crippen LogP contribution >= 0.6 is 11.6 Å². The maximum Gasteiger partial charge on any atom is 0.261 e. The molecule has 4 rings (SSSR count). The minimum absolute atomic E-state index is 0.0387. The van der Waals surface area contributed by atoms with Gasteiger partial charge in [0.25, 0.3) is 5.91 Å². The van der Waals surface area contributed by atoms with E-state index >= 15 is 0 Å². The van der Waals surface area contributed by atoms with Gasteiger partial charge in [-0.3, -0.25) is 19.5 Å². The molecule has 0 saturated carbocycles. The van der Waals surface area contributed by atoms with Crippen LogP contribution in [-0.2, 0) is 9.59 Å². The van der Waals surface area contributed by atoms with Crippen molar-refractivity contribution in [1.82, 2.24) is 10.2 Å². The lowest BCUT2D eigenvalue weighted by molar-refractivity contribution is -0.143. The number of nitrogens with zero attached hydrogens (tertiary/aromatic N) is 2. The number of imide groups is 1. The Kier molecular flexibility index (Phi) is 7.68. The van der Waals surface area contributed by atoms with Crippen LogP contribution in [0.2, 0.25) is 5.02 Å². The minimum atomic E-state index is -1.28. The maximum absolute atomic E-state index is 14.7. The summed E-state index contributed by atoms with van der Waals surface area (Å²) in [6.45, 7) is 4.39. The van der Waals surface area contributed by atoms with Gasteiger partial charge < -0.3 is 5.32 Å². The second kappa shape index (κ2) is 10.8. The van der Waals surface area contributed by atoms with Gasteiger partial charge in [0.05, 0.1) is 17.2 Å². The predicted molar refractivity (Wildman–Crippen MR) is 135 cm³/mol. The molecule has 10 heteroatoms. The topological polar surface area (TPSA) is 61.8 Å². The molecule has 2 atom stereocenters. The summed E-state index contributed by atoms with van der Waals surface area (Å²) in [6, 6.07) is 11.3. The van der Waals surface area contributed by atoms with Crippen LogP contribution in [0.3, 0.4) is 0 Å². The van der Waals surface area contributed by atoms with Crippen LogP contribution in [0.25, 0.3) is 0 Å². The maximum atomic E-state index is 14.7. The average Bonchev–Trinajstić information content (AvgIpc) is 2.83. The van der Waals surface area contributed by atoms with Gasteiger partial charge in [0.2, 0.25) is 5.91 Å². The van der Waals surface area contributed by atoms with E-state index in [0.29, 0.717) is 17.7 Å². The Hall–Kier alpha value is -3.98. The fourth-order valence-corrected chi connectivity index (χ4v) is 4.67. The molecule has 0 saturated heterocycles. The van der Waals surface area contributed by atoms with E-state index in [9.17, 15) is 27.2 Å². The highest BCUT2D eigenvalue weighted by Crippen LogP contribution is 2.38. The minimum Gasteiger partial charge on any atom is -0.343 e. The molecule has 0 radical (unpaired) electrons. The molecule has 1 N–H and O–H groups in total. The number of allylic oxidation sites excluding steroid dienone is 1. The fraction of sp³-hybridized carbons (Fsp3) is 0.179. The van der Waals surface area contributed by atoms with E-state index < -0.39 is 52.7 Å². The van der Waals surface area contributed by atoms with Gasteiger partial charge in [-0.15, -0.1) is 0 Å². The van der Waals surface area contributed by atoms with E-state index in [1.165, 1.54) is 19.9 Å². The molecule has 5 nitrogen and oxygen atoms in total. The molecule has 3 aromatic rings. The van der Waals surface area contributed by atoms with Crippen molar-refractivity contribution in [2.45, 2.75) is 32.9 Å². The molecule has 1 heterocycles. The SMILES string of the molecule is CC(=O)N(C(=O)C1=C(C)NC(c2c(F)cc(F)cc2F)=N[C@H]1c1ccc(F)cc1Cl)C(C)c1ccccc1. The number of hydrogen-bond acceptors (Lipinski definition) is 4. The van der Waals surface area contributed by atoms with E-state index in [1.54, 1.807) is 37.3 Å². The van der Waals surface area contributed by atoms with Gasteiger partial charge in [0.15, 0.2) is 0 Å². The van der Waals surface area contributed by atoms with Gasteiger partial charge >= 0.3 is 0 Å². The Balaban J connectivity index is 1.88. The zero-order valence-corrected chi connectivity index (χ0v) is 21.3. The standard InChI is InChI=1S/C28H22ClF4N3O2/c1-14-24(28(38)36(16(3)37)15(2)17-7-5-4-6-8-17)26(20-10-9-18(30)11-21(20)29)35-27(34-14)25-22(32)12-19(31)13-23(25)33/h4-13,15,26H,1-3H3,(H,34,35)/t15?,26-/m0/s1. The summed E-state index contributed by atoms with van der Waals surface area (Å²) >= 11 is 6.32. The van der Waals surface area contributed by atoms with Crippen molar-refractivity contribution in [2.75, 3.05) is 0 Å². The van der Waals surface area contributed by atoms with Crippen molar-refractivity contribution in [3.8, 4) is 0 Å². The highest BCUT2D eigenvalue weighted by Gasteiger charge is 2.37. The van der Waals surface area contributed by atoms with E-state index in [4.69, 9.17) is 11.6 Å². The van der Waals surface area contributed by atoms with Crippen molar-refractivity contribution in [3.05, 3.63) is 117 Å². The van der Waals surface area contributed by atoms with Crippen molar-refractivity contribution >= 4 is 29.3 Å². The highest BCUT2D eigenvalue weighted by atomic mass is 35.5. The Bertz CT molecular complexity index is 1470. The second-order valence-corrected chi connectivity index (χ2v) is 9.14. The summed E-state index contributed by atoms with van der Waals surface area (Å²) in [7, 11) is 0. The smallest absolute Gasteiger partial charge is 0.261 e. The number of halogens is 5. The third kappa shape index (κ3) is 5.19. The van der Waals surface area contributed by atoms with Crippen molar-refractivity contribution in [3.63, 3.8) is 0 Å². The number of aliphatic imine (C=N–C) groups is 1. The number of amides is 2. The van der Waals surface area contributed by atoms with Crippen molar-refractivity contribution < 1.29 is 27.2 Å². The Morgan fingerprint density at radius 1 is 0.974 bits per heavy atom. The van der Waals surface area contributed by atoms with E-state index in [1.807, 2.05) is 0 Å². The van der Waals surface area contributed by atoms with E-state index in [2.05, 4.69) is 10.3 Å². The van der Waals surface area contributed by atoms with Gasteiger partial charge in [-0.25, -0.2) is 17.6 Å². The van der Waals surface area contributed by atoms with Crippen LogP contribution < -0.4 is 5.32 Å². The number of hydrogen-bond donors (Lipinski definition) is 1. The summed E-state index contributed by atoms with van der Waals surface area (Å²) < 4.78 is 56.7. The third-order valence-electron chi connectivity index (χ3n) is 6.20. The normalized spacial score (nSPS) is 16.0. The predicted octanol–water partition coefficient (Wildman–Crippen LogP) is 6.40. The largest absolute Gasteiger partial charge is 0.343 e. The molecule has 2 amide bonds. The number of amidine groups is 1. The summed E-state index contributed by atoms with van der Waals surface area (Å²) in [6.07, 6.45) is 0. The first-order valence-electron chi connectivity index (χ1n) is 11.5. The molecule has 1 aliphatic rings. The lowest BCUT2D eigenvalue weighted by Crippen LogP contribution is -2.42. The van der Waals surface area contributed by atoms with Crippen LogP contribution in [0.5, 0.6) is 0 Å². The lowest BCUT2D eigenvalue weighted by Gasteiger charge is -2.33. The fourth-order valence-electron chi connectivity index (χ4n) is 4.40. The molecular weight excluding hydrogens is 522 g/mol. The first-order chi connectivity index (χ1) is 18.0. The van der Waals surface area contributed by atoms with Crippen molar-refractivity contribution in [2.24, 2.45) is 4.99 Å². The van der Waals surface area contributed by atoms with E-state index in [-0.39, 0.29) is 27.7 Å². The lowest BCUT2D eigenvalue weighted by atomic mass is 9.93. The molecule has 0 spiro atoms. The van der Waals surface area contributed by atoms with Crippen LogP contribution in [0, 0.1) is 23.3 Å². The first-order valence-corrected chi connectivity index (χ1v) is 11.9. The van der Waals surface area contributed by atoms with Crippen LogP contribution in [0.4, 0.5) is 17.6 Å². The number of benzene rings is 3. The third-order valence-corrected chi connectivity index (χ3v) is 6.53. The molecule has 0 aromatic heterocycles. The molecule has 0 fully saturated rings. The summed E-state index contributed by atoms with van der Waals surface area (Å²) in [4.78, 5) is 32.1.